The second kappa shape index (κ2) is 7.66. The van der Waals surface area contributed by atoms with Crippen molar-refractivity contribution in [2.75, 3.05) is 13.7 Å². The van der Waals surface area contributed by atoms with E-state index in [9.17, 15) is 4.79 Å². The van der Waals surface area contributed by atoms with Gasteiger partial charge in [-0.25, -0.2) is 4.98 Å². The van der Waals surface area contributed by atoms with Crippen molar-refractivity contribution in [3.63, 3.8) is 0 Å². The van der Waals surface area contributed by atoms with Crippen LogP contribution in [0.1, 0.15) is 29.2 Å². The molecule has 25 heavy (non-hydrogen) atoms. The van der Waals surface area contributed by atoms with Gasteiger partial charge in [-0.3, -0.25) is 4.79 Å². The third-order valence-electron chi connectivity index (χ3n) is 3.72. The molecule has 3 rings (SSSR count). The number of carbonyl (C=O) groups excluding carboxylic acids is 1. The predicted octanol–water partition coefficient (Wildman–Crippen LogP) is 4.60. The second-order valence-corrected chi connectivity index (χ2v) is 7.58. The van der Waals surface area contributed by atoms with Crippen LogP contribution in [-0.4, -0.2) is 29.4 Å². The number of carbonyl (C=O) groups is 1. The molecular weight excluding hydrogens is 332 g/mol. The van der Waals surface area contributed by atoms with Crippen molar-refractivity contribution in [3.8, 4) is 5.75 Å². The summed E-state index contributed by atoms with van der Waals surface area (Å²) < 4.78 is 6.86. The lowest BCUT2D eigenvalue weighted by atomic mass is 10.2. The Bertz CT molecular complexity index is 840. The topological polar surface area (TPSA) is 42.4 Å². The molecule has 0 radical (unpaired) electrons. The van der Waals surface area contributed by atoms with Gasteiger partial charge >= 0.3 is 0 Å². The van der Waals surface area contributed by atoms with E-state index in [0.29, 0.717) is 24.6 Å². The Morgan fingerprint density at radius 2 is 2.00 bits per heavy atom. The molecule has 4 nitrogen and oxygen atoms in total. The fourth-order valence-electron chi connectivity index (χ4n) is 2.46. The second-order valence-electron chi connectivity index (χ2n) is 6.47. The lowest BCUT2D eigenvalue weighted by Crippen LogP contribution is -2.26. The SMILES string of the molecule is CC(C)COc1cccc(C(=O)N(C)Cc2nc3ccccc3s2)c1. The maximum absolute atomic E-state index is 12.7. The lowest BCUT2D eigenvalue weighted by molar-refractivity contribution is 0.0784. The Kier molecular flexibility index (Phi) is 5.34. The molecule has 0 spiro atoms. The molecule has 0 fully saturated rings. The van der Waals surface area contributed by atoms with Crippen LogP contribution in [0, 0.1) is 5.92 Å². The molecule has 0 aliphatic heterocycles. The zero-order valence-electron chi connectivity index (χ0n) is 14.7. The van der Waals surface area contributed by atoms with Crippen LogP contribution >= 0.6 is 11.3 Å². The van der Waals surface area contributed by atoms with Gasteiger partial charge in [-0.05, 0) is 36.2 Å². The van der Waals surface area contributed by atoms with Gasteiger partial charge in [0.05, 0.1) is 23.4 Å². The number of ether oxygens (including phenoxy) is 1. The van der Waals surface area contributed by atoms with E-state index in [1.165, 1.54) is 0 Å². The first-order valence-electron chi connectivity index (χ1n) is 8.35. The van der Waals surface area contributed by atoms with Gasteiger partial charge in [0.1, 0.15) is 10.8 Å². The Hall–Kier alpha value is -2.40. The fourth-order valence-corrected chi connectivity index (χ4v) is 3.49. The van der Waals surface area contributed by atoms with Gasteiger partial charge in [0, 0.05) is 12.6 Å². The molecule has 0 bridgehead atoms. The first kappa shape index (κ1) is 17.4. The molecule has 0 N–H and O–H groups in total. The molecule has 0 aliphatic rings. The van der Waals surface area contributed by atoms with Crippen molar-refractivity contribution in [3.05, 3.63) is 59.1 Å². The van der Waals surface area contributed by atoms with Crippen LogP contribution in [0.3, 0.4) is 0 Å². The van der Waals surface area contributed by atoms with E-state index in [-0.39, 0.29) is 5.91 Å². The van der Waals surface area contributed by atoms with Crippen LogP contribution < -0.4 is 4.74 Å². The summed E-state index contributed by atoms with van der Waals surface area (Å²) in [5.74, 6) is 1.14. The number of para-hydroxylation sites is 1. The van der Waals surface area contributed by atoms with Crippen LogP contribution in [0.2, 0.25) is 0 Å². The highest BCUT2D eigenvalue weighted by Crippen LogP contribution is 2.23. The number of amides is 1. The van der Waals surface area contributed by atoms with Gasteiger partial charge in [-0.1, -0.05) is 32.0 Å². The van der Waals surface area contributed by atoms with E-state index >= 15 is 0 Å². The summed E-state index contributed by atoms with van der Waals surface area (Å²) >= 11 is 1.62. The van der Waals surface area contributed by atoms with E-state index in [4.69, 9.17) is 4.74 Å². The Morgan fingerprint density at radius 3 is 2.76 bits per heavy atom. The first-order chi connectivity index (χ1) is 12.0. The molecule has 0 aliphatic carbocycles. The number of thiazole rings is 1. The number of hydrogen-bond acceptors (Lipinski definition) is 4. The Labute approximate surface area is 152 Å². The zero-order chi connectivity index (χ0) is 17.8. The van der Waals surface area contributed by atoms with Crippen LogP contribution in [0.25, 0.3) is 10.2 Å². The maximum atomic E-state index is 12.7. The standard InChI is InChI=1S/C20H22N2O2S/c1-14(2)13-24-16-8-6-7-15(11-16)20(23)22(3)12-19-21-17-9-4-5-10-18(17)25-19/h4-11,14H,12-13H2,1-3H3. The Balaban J connectivity index is 1.70. The summed E-state index contributed by atoms with van der Waals surface area (Å²) in [6.07, 6.45) is 0. The van der Waals surface area contributed by atoms with Crippen molar-refractivity contribution in [1.29, 1.82) is 0 Å². The molecule has 0 atom stereocenters. The molecule has 0 saturated carbocycles. The van der Waals surface area contributed by atoms with Crippen molar-refractivity contribution >= 4 is 27.5 Å². The molecule has 0 unspecified atom stereocenters. The summed E-state index contributed by atoms with van der Waals surface area (Å²) in [4.78, 5) is 19.0. The van der Waals surface area contributed by atoms with Gasteiger partial charge in [-0.15, -0.1) is 11.3 Å². The van der Waals surface area contributed by atoms with Crippen LogP contribution in [-0.2, 0) is 6.54 Å². The number of aromatic nitrogens is 1. The number of rotatable bonds is 6. The van der Waals surface area contributed by atoms with E-state index in [0.717, 1.165) is 21.0 Å². The lowest BCUT2D eigenvalue weighted by Gasteiger charge is -2.16. The normalized spacial score (nSPS) is 11.0. The smallest absolute Gasteiger partial charge is 0.254 e. The summed E-state index contributed by atoms with van der Waals surface area (Å²) in [7, 11) is 1.80. The number of benzene rings is 2. The summed E-state index contributed by atoms with van der Waals surface area (Å²) in [6.45, 7) is 5.33. The van der Waals surface area contributed by atoms with Crippen LogP contribution in [0.5, 0.6) is 5.75 Å². The van der Waals surface area contributed by atoms with Gasteiger partial charge in [0.25, 0.3) is 5.91 Å². The van der Waals surface area contributed by atoms with Gasteiger partial charge in [0.15, 0.2) is 0 Å². The molecule has 1 amide bonds. The molecule has 2 aromatic carbocycles. The molecule has 130 valence electrons. The van der Waals surface area contributed by atoms with Crippen LogP contribution in [0.15, 0.2) is 48.5 Å². The van der Waals surface area contributed by atoms with E-state index in [2.05, 4.69) is 18.8 Å². The molecule has 1 heterocycles. The third-order valence-corrected chi connectivity index (χ3v) is 4.74. The van der Waals surface area contributed by atoms with Crippen molar-refractivity contribution in [2.24, 2.45) is 5.92 Å². The number of nitrogens with zero attached hydrogens (tertiary/aromatic N) is 2. The van der Waals surface area contributed by atoms with E-state index in [1.54, 1.807) is 29.4 Å². The van der Waals surface area contributed by atoms with E-state index in [1.807, 2.05) is 42.5 Å². The molecule has 1 aromatic heterocycles. The highest BCUT2D eigenvalue weighted by molar-refractivity contribution is 7.18. The predicted molar refractivity (Wildman–Crippen MR) is 102 cm³/mol. The summed E-state index contributed by atoms with van der Waals surface area (Å²) in [5.41, 5.74) is 1.61. The summed E-state index contributed by atoms with van der Waals surface area (Å²) in [5, 5.41) is 0.935. The fraction of sp³-hybridized carbons (Fsp3) is 0.300. The minimum atomic E-state index is -0.0331. The molecule has 0 saturated heterocycles. The van der Waals surface area contributed by atoms with Crippen molar-refractivity contribution in [2.45, 2.75) is 20.4 Å². The average molecular weight is 354 g/mol. The van der Waals surface area contributed by atoms with Crippen molar-refractivity contribution in [1.82, 2.24) is 9.88 Å². The van der Waals surface area contributed by atoms with Gasteiger partial charge in [0.2, 0.25) is 0 Å². The highest BCUT2D eigenvalue weighted by atomic mass is 32.1. The Morgan fingerprint density at radius 1 is 1.20 bits per heavy atom. The van der Waals surface area contributed by atoms with Gasteiger partial charge in [-0.2, -0.15) is 0 Å². The quantitative estimate of drug-likeness (QED) is 0.649. The molecule has 5 heteroatoms. The van der Waals surface area contributed by atoms with Crippen molar-refractivity contribution < 1.29 is 9.53 Å². The monoisotopic (exact) mass is 354 g/mol. The molecule has 3 aromatic rings. The first-order valence-corrected chi connectivity index (χ1v) is 9.17. The maximum Gasteiger partial charge on any atom is 0.254 e. The van der Waals surface area contributed by atoms with Gasteiger partial charge < -0.3 is 9.64 Å². The average Bonchev–Trinajstić information content (AvgIpc) is 3.01. The largest absolute Gasteiger partial charge is 0.493 e. The number of fused-ring (bicyclic) bond motifs is 1. The summed E-state index contributed by atoms with van der Waals surface area (Å²) in [6, 6.07) is 15.4. The molecular formula is C20H22N2O2S. The minimum Gasteiger partial charge on any atom is -0.493 e. The van der Waals surface area contributed by atoms with E-state index < -0.39 is 0 Å². The third kappa shape index (κ3) is 4.37. The minimum absolute atomic E-state index is 0.0331. The number of hydrogen-bond donors (Lipinski definition) is 0. The highest BCUT2D eigenvalue weighted by Gasteiger charge is 2.15. The van der Waals surface area contributed by atoms with Crippen LogP contribution in [0.4, 0.5) is 0 Å². The zero-order valence-corrected chi connectivity index (χ0v) is 15.5.